The first-order valence-corrected chi connectivity index (χ1v) is 15.2. The average molecular weight is 640 g/mol. The lowest BCUT2D eigenvalue weighted by Crippen LogP contribution is -2.36. The molecule has 0 radical (unpaired) electrons. The molecule has 46 heavy (non-hydrogen) atoms. The number of anilines is 3. The van der Waals surface area contributed by atoms with Gasteiger partial charge in [-0.15, -0.1) is 0 Å². The van der Waals surface area contributed by atoms with Crippen molar-refractivity contribution in [2.24, 2.45) is 0 Å². The van der Waals surface area contributed by atoms with E-state index in [9.17, 15) is 19.2 Å². The number of ether oxygens (including phenoxy) is 3. The lowest BCUT2D eigenvalue weighted by molar-refractivity contribution is -0.119. The quantitative estimate of drug-likeness (QED) is 0.369. The van der Waals surface area contributed by atoms with Gasteiger partial charge in [0, 0.05) is 39.3 Å². The van der Waals surface area contributed by atoms with Gasteiger partial charge in [-0.05, 0) is 44.5 Å². The molecule has 2 saturated heterocycles. The fraction of sp³-hybridized carbons (Fsp3) is 0.438. The van der Waals surface area contributed by atoms with Gasteiger partial charge < -0.3 is 33.9 Å². The largest absolute Gasteiger partial charge is 0.487 e. The summed E-state index contributed by atoms with van der Waals surface area (Å²) in [5.74, 6) is -1.97. The fourth-order valence-corrected chi connectivity index (χ4v) is 6.36. The number of hydrogen-bond acceptors (Lipinski definition) is 9. The molecule has 0 bridgehead atoms. The molecule has 3 aliphatic heterocycles. The number of nitrogens with zero attached hydrogens (tertiary/aromatic N) is 4. The summed E-state index contributed by atoms with van der Waals surface area (Å²) in [5.41, 5.74) is 0.472. The highest BCUT2D eigenvalue weighted by Gasteiger charge is 2.36. The van der Waals surface area contributed by atoms with E-state index in [0.717, 1.165) is 6.07 Å². The van der Waals surface area contributed by atoms with E-state index in [1.54, 1.807) is 35.6 Å². The second-order valence-electron chi connectivity index (χ2n) is 11.8. The van der Waals surface area contributed by atoms with Crippen LogP contribution in [0.15, 0.2) is 35.3 Å². The molecule has 3 aliphatic rings. The minimum Gasteiger partial charge on any atom is -0.487 e. The highest BCUT2D eigenvalue weighted by Crippen LogP contribution is 2.43. The van der Waals surface area contributed by atoms with Crippen LogP contribution in [0.1, 0.15) is 43.6 Å². The van der Waals surface area contributed by atoms with Crippen molar-refractivity contribution < 1.29 is 37.4 Å². The van der Waals surface area contributed by atoms with E-state index in [0.29, 0.717) is 36.4 Å². The Bertz CT molecular complexity index is 1800. The van der Waals surface area contributed by atoms with Crippen molar-refractivity contribution in [3.8, 4) is 5.75 Å². The van der Waals surface area contributed by atoms with Crippen molar-refractivity contribution in [2.45, 2.75) is 45.4 Å². The van der Waals surface area contributed by atoms with E-state index >= 15 is 8.78 Å². The Morgan fingerprint density at radius 1 is 1.15 bits per heavy atom. The molecule has 2 aromatic carbocycles. The van der Waals surface area contributed by atoms with Crippen molar-refractivity contribution in [2.75, 3.05) is 61.1 Å². The van der Waals surface area contributed by atoms with Crippen LogP contribution in [0.2, 0.25) is 0 Å². The molecule has 1 N–H and O–H groups in total. The van der Waals surface area contributed by atoms with Gasteiger partial charge in [-0.3, -0.25) is 14.5 Å². The van der Waals surface area contributed by atoms with Crippen LogP contribution >= 0.6 is 0 Å². The first kappa shape index (κ1) is 31.1. The summed E-state index contributed by atoms with van der Waals surface area (Å²) in [6.45, 7) is 6.32. The molecule has 0 saturated carbocycles. The standard InChI is InChI=1S/C32H35F2N5O7/c1-5-44-31(42)23-15-38-17(2)16-45-30-27(38)22(29(23)41)11-25(34)28(30)37-9-8-20(13-37)36(4)26-7-6-19(10-24(26)33)39-14-21(46-32(39)43)12-35-18(3)40/h6-7,10-11,15,17,20-21H,5,8-9,12-14,16H2,1-4H3,(H,35,40). The summed E-state index contributed by atoms with van der Waals surface area (Å²) in [6, 6.07) is 5.22. The number of cyclic esters (lactones) is 1. The molecule has 1 aromatic heterocycles. The highest BCUT2D eigenvalue weighted by molar-refractivity contribution is 5.98. The third-order valence-corrected chi connectivity index (χ3v) is 8.74. The number of rotatable bonds is 8. The van der Waals surface area contributed by atoms with E-state index in [1.807, 2.05) is 11.8 Å². The predicted octanol–water partition coefficient (Wildman–Crippen LogP) is 3.59. The van der Waals surface area contributed by atoms with Crippen LogP contribution in [0.4, 0.5) is 30.6 Å². The summed E-state index contributed by atoms with van der Waals surface area (Å²) >= 11 is 0. The number of esters is 1. The van der Waals surface area contributed by atoms with Crippen LogP contribution in [-0.4, -0.2) is 81.1 Å². The zero-order valence-corrected chi connectivity index (χ0v) is 26.0. The Morgan fingerprint density at radius 3 is 2.65 bits per heavy atom. The van der Waals surface area contributed by atoms with Gasteiger partial charge in [0.2, 0.25) is 11.3 Å². The molecule has 3 aromatic rings. The smallest absolute Gasteiger partial charge is 0.414 e. The van der Waals surface area contributed by atoms with E-state index in [4.69, 9.17) is 14.2 Å². The van der Waals surface area contributed by atoms with Gasteiger partial charge >= 0.3 is 12.1 Å². The monoisotopic (exact) mass is 639 g/mol. The maximum Gasteiger partial charge on any atom is 0.414 e. The van der Waals surface area contributed by atoms with Crippen molar-refractivity contribution in [1.82, 2.24) is 9.88 Å². The van der Waals surface area contributed by atoms with Crippen LogP contribution in [0.5, 0.6) is 5.75 Å². The summed E-state index contributed by atoms with van der Waals surface area (Å²) in [4.78, 5) is 54.3. The topological polar surface area (TPSA) is 123 Å². The van der Waals surface area contributed by atoms with Gasteiger partial charge in [-0.2, -0.15) is 0 Å². The van der Waals surface area contributed by atoms with Crippen LogP contribution < -0.4 is 30.2 Å². The van der Waals surface area contributed by atoms with Crippen LogP contribution in [-0.2, 0) is 14.3 Å². The Hall–Kier alpha value is -4.88. The number of carbonyl (C=O) groups excluding carboxylic acids is 3. The number of pyridine rings is 1. The number of amides is 2. The third-order valence-electron chi connectivity index (χ3n) is 8.74. The van der Waals surface area contributed by atoms with Crippen LogP contribution in [0, 0.1) is 11.6 Å². The van der Waals surface area contributed by atoms with Crippen molar-refractivity contribution in [3.05, 3.63) is 57.9 Å². The summed E-state index contributed by atoms with van der Waals surface area (Å²) in [6.07, 6.45) is 0.874. The molecule has 6 rings (SSSR count). The van der Waals surface area contributed by atoms with Gasteiger partial charge in [0.05, 0.1) is 48.0 Å². The molecular weight excluding hydrogens is 604 g/mol. The first-order chi connectivity index (χ1) is 22.0. The summed E-state index contributed by atoms with van der Waals surface area (Å²) < 4.78 is 49.5. The lowest BCUT2D eigenvalue weighted by atomic mass is 10.1. The molecule has 244 valence electrons. The molecule has 0 aliphatic carbocycles. The lowest BCUT2D eigenvalue weighted by Gasteiger charge is -2.32. The number of halogens is 2. The number of likely N-dealkylation sites (N-methyl/N-ethyl adjacent to an activating group) is 1. The maximum atomic E-state index is 15.9. The Labute approximate surface area is 263 Å². The van der Waals surface area contributed by atoms with Gasteiger partial charge in [-0.25, -0.2) is 18.4 Å². The number of aromatic nitrogens is 1. The van der Waals surface area contributed by atoms with Crippen molar-refractivity contribution >= 4 is 45.9 Å². The van der Waals surface area contributed by atoms with E-state index < -0.39 is 35.2 Å². The molecule has 3 atom stereocenters. The van der Waals surface area contributed by atoms with E-state index in [2.05, 4.69) is 5.32 Å². The summed E-state index contributed by atoms with van der Waals surface area (Å²) in [5, 5.41) is 2.65. The Kier molecular flexibility index (Phi) is 8.21. The third kappa shape index (κ3) is 5.45. The van der Waals surface area contributed by atoms with Crippen LogP contribution in [0.3, 0.4) is 0 Å². The highest BCUT2D eigenvalue weighted by atomic mass is 19.1. The van der Waals surface area contributed by atoms with Crippen LogP contribution in [0.25, 0.3) is 10.9 Å². The molecule has 12 nitrogen and oxygen atoms in total. The second kappa shape index (κ2) is 12.1. The molecule has 0 spiro atoms. The molecular formula is C32H35F2N5O7. The SMILES string of the molecule is CCOC(=O)c1cn2c3c(c(N4CCC(N(C)c5ccc(N6CC(CNC(C)=O)OC6=O)cc5F)C4)c(F)cc3c1=O)OCC2C. The zero-order valence-electron chi connectivity index (χ0n) is 26.0. The Morgan fingerprint density at radius 2 is 1.93 bits per heavy atom. The van der Waals surface area contributed by atoms with Gasteiger partial charge in [0.25, 0.3) is 0 Å². The number of carbonyl (C=O) groups is 3. The molecule has 2 fully saturated rings. The second-order valence-corrected chi connectivity index (χ2v) is 11.8. The molecule has 14 heteroatoms. The predicted molar refractivity (Wildman–Crippen MR) is 166 cm³/mol. The normalized spacial score (nSPS) is 20.5. The van der Waals surface area contributed by atoms with Gasteiger partial charge in [0.15, 0.2) is 11.6 Å². The zero-order chi connectivity index (χ0) is 32.9. The minimum atomic E-state index is -0.764. The van der Waals surface area contributed by atoms with Gasteiger partial charge in [-0.1, -0.05) is 0 Å². The maximum absolute atomic E-state index is 15.9. The molecule has 4 heterocycles. The number of hydrogen-bond donors (Lipinski definition) is 1. The molecule has 3 unspecified atom stereocenters. The van der Waals surface area contributed by atoms with E-state index in [-0.39, 0.29) is 66.7 Å². The van der Waals surface area contributed by atoms with E-state index in [1.165, 1.54) is 24.1 Å². The first-order valence-electron chi connectivity index (χ1n) is 15.2. The molecule has 2 amide bonds. The number of nitrogens with one attached hydrogen (secondary N) is 1. The fourth-order valence-electron chi connectivity index (χ4n) is 6.36. The number of benzene rings is 2. The van der Waals surface area contributed by atoms with Gasteiger partial charge in [0.1, 0.15) is 29.8 Å². The minimum absolute atomic E-state index is 0.0340. The Balaban J connectivity index is 1.24. The average Bonchev–Trinajstić information content (AvgIpc) is 3.65. The van der Waals surface area contributed by atoms with Crippen molar-refractivity contribution in [3.63, 3.8) is 0 Å². The van der Waals surface area contributed by atoms with Crippen molar-refractivity contribution in [1.29, 1.82) is 0 Å². The summed E-state index contributed by atoms with van der Waals surface area (Å²) in [7, 11) is 1.76.